The highest BCUT2D eigenvalue weighted by Gasteiger charge is 2.31. The van der Waals surface area contributed by atoms with E-state index in [0.717, 1.165) is 28.9 Å². The first-order valence-corrected chi connectivity index (χ1v) is 11.5. The number of hydrogen-bond donors (Lipinski definition) is 1. The van der Waals surface area contributed by atoms with E-state index in [1.807, 2.05) is 84.9 Å². The lowest BCUT2D eigenvalue weighted by Crippen LogP contribution is -2.40. The molecule has 5 rings (SSSR count). The summed E-state index contributed by atoms with van der Waals surface area (Å²) < 4.78 is 1.75. The number of rotatable bonds is 5. The van der Waals surface area contributed by atoms with Crippen LogP contribution in [0.2, 0.25) is 0 Å². The molecule has 1 aromatic heterocycles. The smallest absolute Gasteiger partial charge is 0.227 e. The van der Waals surface area contributed by atoms with Gasteiger partial charge in [-0.2, -0.15) is 5.10 Å². The Morgan fingerprint density at radius 1 is 0.941 bits per heavy atom. The largest absolute Gasteiger partial charge is 0.335 e. The molecule has 0 saturated heterocycles. The first-order chi connectivity index (χ1) is 16.6. The molecule has 0 saturated carbocycles. The molecule has 0 aliphatic carbocycles. The maximum atomic E-state index is 13.3. The van der Waals surface area contributed by atoms with Crippen LogP contribution in [-0.2, 0) is 16.0 Å². The average molecular weight is 451 g/mol. The highest BCUT2D eigenvalue weighted by Crippen LogP contribution is 2.33. The van der Waals surface area contributed by atoms with Gasteiger partial charge >= 0.3 is 0 Å². The molecule has 2 amide bonds. The van der Waals surface area contributed by atoms with Crippen molar-refractivity contribution in [3.63, 3.8) is 0 Å². The minimum atomic E-state index is -0.288. The van der Waals surface area contributed by atoms with Gasteiger partial charge in [-0.05, 0) is 29.7 Å². The zero-order chi connectivity index (χ0) is 23.5. The van der Waals surface area contributed by atoms with Crippen LogP contribution in [-0.4, -0.2) is 33.0 Å². The van der Waals surface area contributed by atoms with E-state index in [1.54, 1.807) is 16.5 Å². The third-order valence-corrected chi connectivity index (χ3v) is 6.24. The quantitative estimate of drug-likeness (QED) is 0.465. The number of carbonyl (C=O) groups is 2. The predicted molar refractivity (Wildman–Crippen MR) is 133 cm³/mol. The molecule has 1 unspecified atom stereocenters. The van der Waals surface area contributed by atoms with Gasteiger partial charge in [0.1, 0.15) is 5.82 Å². The summed E-state index contributed by atoms with van der Waals surface area (Å²) in [5, 5.41) is 7.83. The minimum Gasteiger partial charge on any atom is -0.335 e. The second kappa shape index (κ2) is 9.35. The van der Waals surface area contributed by atoms with Crippen molar-refractivity contribution in [2.75, 3.05) is 11.9 Å². The summed E-state index contributed by atoms with van der Waals surface area (Å²) >= 11 is 0. The number of nitrogens with zero attached hydrogens (tertiary/aromatic N) is 3. The minimum absolute atomic E-state index is 0.0204. The number of nitrogens with one attached hydrogen (secondary N) is 1. The Hall–Kier alpha value is -4.19. The van der Waals surface area contributed by atoms with E-state index < -0.39 is 0 Å². The fourth-order valence-electron chi connectivity index (χ4n) is 4.60. The van der Waals surface area contributed by atoms with Crippen molar-refractivity contribution in [1.29, 1.82) is 0 Å². The SMILES string of the molecule is CC(=O)N1CCc2ccccc2C1CC(=O)Nc1cc(-c2ccccc2)nn1-c1ccccc1. The number of amides is 2. The maximum Gasteiger partial charge on any atom is 0.227 e. The molecule has 0 bridgehead atoms. The van der Waals surface area contributed by atoms with Gasteiger partial charge < -0.3 is 10.2 Å². The van der Waals surface area contributed by atoms with Gasteiger partial charge in [-0.25, -0.2) is 4.68 Å². The van der Waals surface area contributed by atoms with E-state index in [4.69, 9.17) is 5.10 Å². The van der Waals surface area contributed by atoms with Crippen LogP contribution in [0.3, 0.4) is 0 Å². The Kier molecular flexibility index (Phi) is 5.95. The van der Waals surface area contributed by atoms with Crippen molar-refractivity contribution in [3.05, 3.63) is 102 Å². The molecule has 0 spiro atoms. The highest BCUT2D eigenvalue weighted by molar-refractivity contribution is 5.92. The topological polar surface area (TPSA) is 67.2 Å². The Labute approximate surface area is 198 Å². The fraction of sp³-hybridized carbons (Fsp3) is 0.179. The Balaban J connectivity index is 1.45. The van der Waals surface area contributed by atoms with Crippen LogP contribution in [0.25, 0.3) is 16.9 Å². The Morgan fingerprint density at radius 3 is 2.35 bits per heavy atom. The van der Waals surface area contributed by atoms with Crippen molar-refractivity contribution in [1.82, 2.24) is 14.7 Å². The summed E-state index contributed by atoms with van der Waals surface area (Å²) in [6.45, 7) is 2.18. The maximum absolute atomic E-state index is 13.3. The molecule has 1 N–H and O–H groups in total. The number of carbonyl (C=O) groups excluding carboxylic acids is 2. The van der Waals surface area contributed by atoms with Crippen LogP contribution in [0, 0.1) is 0 Å². The van der Waals surface area contributed by atoms with E-state index in [9.17, 15) is 9.59 Å². The van der Waals surface area contributed by atoms with Crippen LogP contribution in [0.5, 0.6) is 0 Å². The summed E-state index contributed by atoms with van der Waals surface area (Å²) in [6.07, 6.45) is 0.978. The van der Waals surface area contributed by atoms with Gasteiger partial charge in [0.25, 0.3) is 0 Å². The molecule has 0 fully saturated rings. The van der Waals surface area contributed by atoms with E-state index >= 15 is 0 Å². The molecular formula is C28H26N4O2. The normalized spacial score (nSPS) is 15.0. The zero-order valence-corrected chi connectivity index (χ0v) is 19.0. The number of fused-ring (bicyclic) bond motifs is 1. The van der Waals surface area contributed by atoms with Gasteiger partial charge in [-0.1, -0.05) is 72.8 Å². The van der Waals surface area contributed by atoms with Gasteiger partial charge in [0.15, 0.2) is 0 Å². The standard InChI is InChI=1S/C28H26N4O2/c1-20(33)31-17-16-21-10-8-9-15-24(21)26(31)19-28(34)29-27-18-25(22-11-4-2-5-12-22)30-32(27)23-13-6-3-7-14-23/h2-15,18,26H,16-17,19H2,1H3,(H,29,34). The predicted octanol–water partition coefficient (Wildman–Crippen LogP) is 5.01. The summed E-state index contributed by atoms with van der Waals surface area (Å²) in [4.78, 5) is 27.4. The first-order valence-electron chi connectivity index (χ1n) is 11.5. The molecule has 2 heterocycles. The second-order valence-electron chi connectivity index (χ2n) is 8.46. The van der Waals surface area contributed by atoms with Crippen LogP contribution in [0.15, 0.2) is 91.0 Å². The van der Waals surface area contributed by atoms with E-state index in [2.05, 4.69) is 11.4 Å². The zero-order valence-electron chi connectivity index (χ0n) is 19.0. The third kappa shape index (κ3) is 4.35. The number of benzene rings is 3. The second-order valence-corrected chi connectivity index (χ2v) is 8.46. The molecule has 3 aromatic carbocycles. The van der Waals surface area contributed by atoms with Gasteiger partial charge in [0, 0.05) is 25.1 Å². The molecule has 1 atom stereocenters. The summed E-state index contributed by atoms with van der Waals surface area (Å²) in [5.74, 6) is 0.408. The Morgan fingerprint density at radius 2 is 1.62 bits per heavy atom. The van der Waals surface area contributed by atoms with Crippen LogP contribution >= 0.6 is 0 Å². The lowest BCUT2D eigenvalue weighted by Gasteiger charge is -2.36. The molecule has 1 aliphatic rings. The summed E-state index contributed by atoms with van der Waals surface area (Å²) in [5.41, 5.74) is 4.83. The van der Waals surface area contributed by atoms with E-state index in [0.29, 0.717) is 12.4 Å². The molecule has 170 valence electrons. The Bertz CT molecular complexity index is 1310. The monoisotopic (exact) mass is 450 g/mol. The summed E-state index contributed by atoms with van der Waals surface area (Å²) in [6, 6.07) is 29.3. The fourth-order valence-corrected chi connectivity index (χ4v) is 4.60. The molecule has 34 heavy (non-hydrogen) atoms. The van der Waals surface area contributed by atoms with Gasteiger partial charge in [0.2, 0.25) is 11.8 Å². The molecule has 0 radical (unpaired) electrons. The number of anilines is 1. The number of hydrogen-bond acceptors (Lipinski definition) is 3. The molecule has 4 aromatic rings. The molecule has 1 aliphatic heterocycles. The van der Waals surface area contributed by atoms with Crippen molar-refractivity contribution in [3.8, 4) is 16.9 Å². The van der Waals surface area contributed by atoms with E-state index in [-0.39, 0.29) is 24.3 Å². The lowest BCUT2D eigenvalue weighted by atomic mass is 9.90. The van der Waals surface area contributed by atoms with E-state index in [1.165, 1.54) is 5.56 Å². The number of aromatic nitrogens is 2. The van der Waals surface area contributed by atoms with Crippen LogP contribution in [0.4, 0.5) is 5.82 Å². The van der Waals surface area contributed by atoms with Crippen molar-refractivity contribution in [2.45, 2.75) is 25.8 Å². The van der Waals surface area contributed by atoms with Gasteiger partial charge in [-0.15, -0.1) is 0 Å². The van der Waals surface area contributed by atoms with Gasteiger partial charge in [-0.3, -0.25) is 9.59 Å². The van der Waals surface area contributed by atoms with Crippen LogP contribution < -0.4 is 5.32 Å². The number of para-hydroxylation sites is 1. The molecule has 6 nitrogen and oxygen atoms in total. The average Bonchev–Trinajstić information content (AvgIpc) is 3.28. The van der Waals surface area contributed by atoms with Crippen molar-refractivity contribution in [2.24, 2.45) is 0 Å². The third-order valence-electron chi connectivity index (χ3n) is 6.24. The lowest BCUT2D eigenvalue weighted by molar-refractivity contribution is -0.132. The highest BCUT2D eigenvalue weighted by atomic mass is 16.2. The first kappa shape index (κ1) is 21.6. The van der Waals surface area contributed by atoms with Crippen molar-refractivity contribution >= 4 is 17.6 Å². The summed E-state index contributed by atoms with van der Waals surface area (Å²) in [7, 11) is 0. The van der Waals surface area contributed by atoms with Crippen molar-refractivity contribution < 1.29 is 9.59 Å². The van der Waals surface area contributed by atoms with Gasteiger partial charge in [0.05, 0.1) is 23.8 Å². The molecule has 6 heteroatoms. The van der Waals surface area contributed by atoms with Crippen LogP contribution in [0.1, 0.15) is 30.5 Å². The molecular weight excluding hydrogens is 424 g/mol.